The normalized spacial score (nSPS) is 16.8. The van der Waals surface area contributed by atoms with Crippen LogP contribution in [0.25, 0.3) is 0 Å². The molecule has 1 saturated heterocycles. The van der Waals surface area contributed by atoms with Crippen molar-refractivity contribution in [2.75, 3.05) is 19.7 Å². The third-order valence-electron chi connectivity index (χ3n) is 3.77. The van der Waals surface area contributed by atoms with Gasteiger partial charge in [0.05, 0.1) is 6.61 Å². The zero-order valence-electron chi connectivity index (χ0n) is 14.0. The molecule has 2 heterocycles. The molecular formula is C15H22N2O6S. The van der Waals surface area contributed by atoms with Gasteiger partial charge in [0.15, 0.2) is 5.76 Å². The summed E-state index contributed by atoms with van der Waals surface area (Å²) in [5.74, 6) is -1.24. The van der Waals surface area contributed by atoms with E-state index in [1.165, 1.54) is 24.2 Å². The van der Waals surface area contributed by atoms with Gasteiger partial charge in [-0.3, -0.25) is 4.79 Å². The molecule has 1 fully saturated rings. The van der Waals surface area contributed by atoms with E-state index in [1.54, 1.807) is 6.92 Å². The first kappa shape index (κ1) is 18.5. The molecule has 8 nitrogen and oxygen atoms in total. The largest absolute Gasteiger partial charge is 0.464 e. The molecule has 134 valence electrons. The van der Waals surface area contributed by atoms with E-state index in [1.807, 2.05) is 0 Å². The quantitative estimate of drug-likeness (QED) is 0.762. The van der Waals surface area contributed by atoms with E-state index in [0.717, 1.165) is 12.8 Å². The summed E-state index contributed by atoms with van der Waals surface area (Å²) < 4.78 is 36.6. The minimum Gasteiger partial charge on any atom is -0.464 e. The molecule has 0 aromatic carbocycles. The number of hydrogen-bond acceptors (Lipinski definition) is 6. The van der Waals surface area contributed by atoms with Gasteiger partial charge >= 0.3 is 5.97 Å². The molecule has 1 N–H and O–H groups in total. The third-order valence-corrected chi connectivity index (χ3v) is 5.77. The predicted molar refractivity (Wildman–Crippen MR) is 85.0 cm³/mol. The van der Waals surface area contributed by atoms with Crippen LogP contribution >= 0.6 is 0 Å². The number of ether oxygens (including phenoxy) is 1. The Labute approximate surface area is 141 Å². The Hall–Kier alpha value is -1.87. The number of furan rings is 1. The van der Waals surface area contributed by atoms with Crippen LogP contribution in [-0.2, 0) is 19.6 Å². The second kappa shape index (κ2) is 7.35. The lowest BCUT2D eigenvalue weighted by atomic mass is 10.3. The molecule has 0 bridgehead atoms. The van der Waals surface area contributed by atoms with Gasteiger partial charge in [-0.1, -0.05) is 0 Å². The smallest absolute Gasteiger partial charge is 0.328 e. The highest BCUT2D eigenvalue weighted by atomic mass is 32.2. The molecule has 2 rings (SSSR count). The molecule has 1 atom stereocenters. The van der Waals surface area contributed by atoms with Crippen LogP contribution in [0.2, 0.25) is 0 Å². The van der Waals surface area contributed by atoms with Gasteiger partial charge in [-0.05, 0) is 33.6 Å². The minimum atomic E-state index is -3.67. The summed E-state index contributed by atoms with van der Waals surface area (Å²) in [6, 6.07) is 0.345. The first-order chi connectivity index (χ1) is 11.3. The molecule has 0 spiro atoms. The van der Waals surface area contributed by atoms with Crippen molar-refractivity contribution >= 4 is 21.9 Å². The highest BCUT2D eigenvalue weighted by molar-refractivity contribution is 7.89. The third kappa shape index (κ3) is 3.78. The summed E-state index contributed by atoms with van der Waals surface area (Å²) >= 11 is 0. The molecule has 0 radical (unpaired) electrons. The monoisotopic (exact) mass is 358 g/mol. The fourth-order valence-electron chi connectivity index (χ4n) is 2.49. The summed E-state index contributed by atoms with van der Waals surface area (Å²) in [6.07, 6.45) is 1.64. The van der Waals surface area contributed by atoms with Crippen molar-refractivity contribution < 1.29 is 27.2 Å². The number of hydrogen-bond donors (Lipinski definition) is 1. The molecule has 0 aliphatic carbocycles. The van der Waals surface area contributed by atoms with Crippen LogP contribution in [-0.4, -0.2) is 50.3 Å². The summed E-state index contributed by atoms with van der Waals surface area (Å²) in [4.78, 5) is 23.7. The molecule has 9 heteroatoms. The fraction of sp³-hybridized carbons (Fsp3) is 0.600. The molecule has 1 aromatic heterocycles. The Morgan fingerprint density at radius 3 is 2.58 bits per heavy atom. The molecule has 1 aliphatic rings. The van der Waals surface area contributed by atoms with Crippen LogP contribution in [0, 0.1) is 6.92 Å². The van der Waals surface area contributed by atoms with Gasteiger partial charge in [-0.2, -0.15) is 4.31 Å². The highest BCUT2D eigenvalue weighted by Gasteiger charge is 2.32. The second-order valence-corrected chi connectivity index (χ2v) is 7.50. The van der Waals surface area contributed by atoms with Crippen LogP contribution in [0.1, 0.15) is 43.0 Å². The first-order valence-electron chi connectivity index (χ1n) is 7.85. The van der Waals surface area contributed by atoms with E-state index in [2.05, 4.69) is 5.32 Å². The Morgan fingerprint density at radius 1 is 1.38 bits per heavy atom. The second-order valence-electron chi connectivity index (χ2n) is 5.59. The SMILES string of the molecule is CCOC(=O)C(C)NC(=O)c1cc(S(=O)(=O)N2CCCC2)c(C)o1. The van der Waals surface area contributed by atoms with E-state index in [-0.39, 0.29) is 23.0 Å². The van der Waals surface area contributed by atoms with Crippen molar-refractivity contribution in [2.24, 2.45) is 0 Å². The first-order valence-corrected chi connectivity index (χ1v) is 9.29. The minimum absolute atomic E-state index is 0.0154. The lowest BCUT2D eigenvalue weighted by Crippen LogP contribution is -2.39. The van der Waals surface area contributed by atoms with Crippen molar-refractivity contribution in [3.05, 3.63) is 17.6 Å². The Balaban J connectivity index is 2.16. The maximum atomic E-state index is 12.6. The van der Waals surface area contributed by atoms with Crippen molar-refractivity contribution in [1.29, 1.82) is 0 Å². The number of amides is 1. The zero-order valence-corrected chi connectivity index (χ0v) is 14.8. The van der Waals surface area contributed by atoms with E-state index in [4.69, 9.17) is 9.15 Å². The van der Waals surface area contributed by atoms with Gasteiger partial charge in [0.25, 0.3) is 5.91 Å². The van der Waals surface area contributed by atoms with Gasteiger partial charge in [0, 0.05) is 19.2 Å². The average Bonchev–Trinajstić information content (AvgIpc) is 3.17. The number of nitrogens with one attached hydrogen (secondary N) is 1. The molecule has 1 aromatic rings. The number of carbonyl (C=O) groups is 2. The number of nitrogens with zero attached hydrogens (tertiary/aromatic N) is 1. The maximum Gasteiger partial charge on any atom is 0.328 e. The van der Waals surface area contributed by atoms with E-state index in [9.17, 15) is 18.0 Å². The topological polar surface area (TPSA) is 106 Å². The maximum absolute atomic E-state index is 12.6. The predicted octanol–water partition coefficient (Wildman–Crippen LogP) is 1.05. The van der Waals surface area contributed by atoms with Crippen molar-refractivity contribution in [3.63, 3.8) is 0 Å². The van der Waals surface area contributed by atoms with E-state index < -0.39 is 27.9 Å². The van der Waals surface area contributed by atoms with Crippen LogP contribution < -0.4 is 5.32 Å². The summed E-state index contributed by atoms with van der Waals surface area (Å²) in [7, 11) is -3.67. The Kier molecular flexibility index (Phi) is 5.66. The molecule has 0 saturated carbocycles. The van der Waals surface area contributed by atoms with E-state index in [0.29, 0.717) is 13.1 Å². The molecule has 1 unspecified atom stereocenters. The van der Waals surface area contributed by atoms with Crippen LogP contribution in [0.5, 0.6) is 0 Å². The molecule has 24 heavy (non-hydrogen) atoms. The Morgan fingerprint density at radius 2 is 2.00 bits per heavy atom. The summed E-state index contributed by atoms with van der Waals surface area (Å²) in [5, 5.41) is 2.43. The van der Waals surface area contributed by atoms with Crippen molar-refractivity contribution in [3.8, 4) is 0 Å². The number of esters is 1. The van der Waals surface area contributed by atoms with Crippen LogP contribution in [0.4, 0.5) is 0 Å². The molecule has 1 aliphatic heterocycles. The van der Waals surface area contributed by atoms with Gasteiger partial charge < -0.3 is 14.5 Å². The van der Waals surface area contributed by atoms with E-state index >= 15 is 0 Å². The van der Waals surface area contributed by atoms with Crippen molar-refractivity contribution in [1.82, 2.24) is 9.62 Å². The van der Waals surface area contributed by atoms with Gasteiger partial charge in [0.2, 0.25) is 10.0 Å². The number of rotatable bonds is 6. The number of carbonyl (C=O) groups excluding carboxylic acids is 2. The van der Waals surface area contributed by atoms with Crippen molar-refractivity contribution in [2.45, 2.75) is 44.6 Å². The van der Waals surface area contributed by atoms with Crippen LogP contribution in [0.3, 0.4) is 0 Å². The lowest BCUT2D eigenvalue weighted by Gasteiger charge is -2.14. The summed E-state index contributed by atoms with van der Waals surface area (Å²) in [5.41, 5.74) is 0. The zero-order chi connectivity index (χ0) is 17.9. The van der Waals surface area contributed by atoms with Gasteiger partial charge in [0.1, 0.15) is 16.7 Å². The summed E-state index contributed by atoms with van der Waals surface area (Å²) in [6.45, 7) is 5.78. The Bertz CT molecular complexity index is 718. The average molecular weight is 358 g/mol. The molecule has 1 amide bonds. The highest BCUT2D eigenvalue weighted by Crippen LogP contribution is 2.26. The standard InChI is InChI=1S/C15H22N2O6S/c1-4-22-15(19)10(2)16-14(18)12-9-13(11(3)23-12)24(20,21)17-7-5-6-8-17/h9-10H,4-8H2,1-3H3,(H,16,18). The van der Waals surface area contributed by atoms with Crippen LogP contribution in [0.15, 0.2) is 15.4 Å². The lowest BCUT2D eigenvalue weighted by molar-refractivity contribution is -0.144. The van der Waals surface area contributed by atoms with Gasteiger partial charge in [-0.25, -0.2) is 13.2 Å². The fourth-order valence-corrected chi connectivity index (χ4v) is 4.17. The number of sulfonamides is 1. The molecular weight excluding hydrogens is 336 g/mol. The number of aryl methyl sites for hydroxylation is 1. The van der Waals surface area contributed by atoms with Gasteiger partial charge in [-0.15, -0.1) is 0 Å².